The van der Waals surface area contributed by atoms with Crippen LogP contribution in [0.4, 0.5) is 5.82 Å². The topological polar surface area (TPSA) is 53.1 Å². The van der Waals surface area contributed by atoms with Crippen LogP contribution >= 0.6 is 15.9 Å². The summed E-state index contributed by atoms with van der Waals surface area (Å²) in [6, 6.07) is 5.76. The third kappa shape index (κ3) is 1.90. The lowest BCUT2D eigenvalue weighted by molar-refractivity contribution is 0.412. The number of methoxy groups -OCH3 is 1. The van der Waals surface area contributed by atoms with Gasteiger partial charge in [0.05, 0.1) is 17.3 Å². The molecule has 16 heavy (non-hydrogen) atoms. The number of nitrogens with zero attached hydrogens (tertiary/aromatic N) is 2. The van der Waals surface area contributed by atoms with E-state index in [1.54, 1.807) is 11.8 Å². The summed E-state index contributed by atoms with van der Waals surface area (Å²) >= 11 is 3.40. The molecule has 1 aromatic carbocycles. The van der Waals surface area contributed by atoms with Gasteiger partial charge in [0.2, 0.25) is 0 Å². The Balaban J connectivity index is 2.48. The van der Waals surface area contributed by atoms with Crippen molar-refractivity contribution >= 4 is 21.7 Å². The molecule has 1 aromatic heterocycles. The van der Waals surface area contributed by atoms with Gasteiger partial charge in [-0.05, 0) is 35.0 Å². The third-order valence-electron chi connectivity index (χ3n) is 2.33. The molecule has 2 N–H and O–H groups in total. The highest BCUT2D eigenvalue weighted by molar-refractivity contribution is 9.10. The Hall–Kier alpha value is -1.49. The Morgan fingerprint density at radius 2 is 2.19 bits per heavy atom. The van der Waals surface area contributed by atoms with Gasteiger partial charge < -0.3 is 10.5 Å². The smallest absolute Gasteiger partial charge is 0.148 e. The lowest BCUT2D eigenvalue weighted by Gasteiger charge is -2.06. The highest BCUT2D eigenvalue weighted by Crippen LogP contribution is 2.27. The highest BCUT2D eigenvalue weighted by Gasteiger charge is 2.06. The number of nitrogens with two attached hydrogens (primary N) is 1. The van der Waals surface area contributed by atoms with Gasteiger partial charge in [-0.3, -0.25) is 0 Å². The van der Waals surface area contributed by atoms with Crippen LogP contribution in [0.3, 0.4) is 0 Å². The van der Waals surface area contributed by atoms with Gasteiger partial charge in [-0.25, -0.2) is 4.68 Å². The molecule has 0 bridgehead atoms. The first kappa shape index (κ1) is 11.0. The number of anilines is 1. The number of hydrogen-bond donors (Lipinski definition) is 1. The van der Waals surface area contributed by atoms with Crippen molar-refractivity contribution in [1.82, 2.24) is 9.78 Å². The second kappa shape index (κ2) is 4.17. The van der Waals surface area contributed by atoms with Crippen LogP contribution in [0.25, 0.3) is 5.69 Å². The van der Waals surface area contributed by atoms with E-state index in [4.69, 9.17) is 10.5 Å². The zero-order valence-electron chi connectivity index (χ0n) is 9.07. The summed E-state index contributed by atoms with van der Waals surface area (Å²) in [4.78, 5) is 0. The quantitative estimate of drug-likeness (QED) is 0.920. The van der Waals surface area contributed by atoms with E-state index in [1.807, 2.05) is 31.3 Å². The SMILES string of the molecule is COc1cc(-n2cc(C)c(N)n2)ccc1Br. The zero-order chi connectivity index (χ0) is 11.7. The fourth-order valence-electron chi connectivity index (χ4n) is 1.40. The monoisotopic (exact) mass is 281 g/mol. The maximum atomic E-state index is 5.71. The summed E-state index contributed by atoms with van der Waals surface area (Å²) in [7, 11) is 1.63. The van der Waals surface area contributed by atoms with Gasteiger partial charge in [0, 0.05) is 17.8 Å². The number of nitrogen functional groups attached to an aromatic ring is 1. The molecule has 0 saturated heterocycles. The van der Waals surface area contributed by atoms with Crippen LogP contribution in [0.1, 0.15) is 5.56 Å². The molecule has 0 aliphatic rings. The molecule has 0 atom stereocenters. The fourth-order valence-corrected chi connectivity index (χ4v) is 1.81. The average Bonchev–Trinajstić information content (AvgIpc) is 2.60. The summed E-state index contributed by atoms with van der Waals surface area (Å²) in [5.41, 5.74) is 7.58. The van der Waals surface area contributed by atoms with Crippen molar-refractivity contribution in [2.24, 2.45) is 0 Å². The van der Waals surface area contributed by atoms with E-state index in [9.17, 15) is 0 Å². The molecule has 2 rings (SSSR count). The number of benzene rings is 1. The average molecular weight is 282 g/mol. The Kier molecular flexibility index (Phi) is 2.87. The van der Waals surface area contributed by atoms with E-state index in [0.29, 0.717) is 5.82 Å². The van der Waals surface area contributed by atoms with Gasteiger partial charge in [-0.1, -0.05) is 0 Å². The molecule has 5 heteroatoms. The van der Waals surface area contributed by atoms with Crippen LogP contribution in [0.2, 0.25) is 0 Å². The van der Waals surface area contributed by atoms with Gasteiger partial charge >= 0.3 is 0 Å². The largest absolute Gasteiger partial charge is 0.495 e. The Morgan fingerprint density at radius 1 is 1.44 bits per heavy atom. The number of rotatable bonds is 2. The van der Waals surface area contributed by atoms with Gasteiger partial charge in [0.25, 0.3) is 0 Å². The molecule has 0 spiro atoms. The van der Waals surface area contributed by atoms with Gasteiger partial charge in [0.1, 0.15) is 11.6 Å². The van der Waals surface area contributed by atoms with E-state index < -0.39 is 0 Å². The first-order valence-electron chi connectivity index (χ1n) is 4.77. The number of aromatic nitrogens is 2. The first-order chi connectivity index (χ1) is 7.61. The summed E-state index contributed by atoms with van der Waals surface area (Å²) < 4.78 is 7.87. The standard InChI is InChI=1S/C11H12BrN3O/c1-7-6-15(14-11(7)13)8-3-4-9(12)10(5-8)16-2/h3-6H,1-2H3,(H2,13,14). The minimum Gasteiger partial charge on any atom is -0.495 e. The number of halogens is 1. The number of aryl methyl sites for hydroxylation is 1. The maximum Gasteiger partial charge on any atom is 0.148 e. The van der Waals surface area contributed by atoms with Crippen molar-refractivity contribution in [3.05, 3.63) is 34.4 Å². The van der Waals surface area contributed by atoms with E-state index in [0.717, 1.165) is 21.5 Å². The maximum absolute atomic E-state index is 5.71. The van der Waals surface area contributed by atoms with Crippen LogP contribution in [0, 0.1) is 6.92 Å². The molecule has 2 aromatic rings. The van der Waals surface area contributed by atoms with Crippen LogP contribution in [0.5, 0.6) is 5.75 Å². The van der Waals surface area contributed by atoms with Crippen LogP contribution in [0.15, 0.2) is 28.9 Å². The van der Waals surface area contributed by atoms with Crippen LogP contribution in [-0.4, -0.2) is 16.9 Å². The van der Waals surface area contributed by atoms with E-state index in [-0.39, 0.29) is 0 Å². The van der Waals surface area contributed by atoms with Crippen molar-refractivity contribution in [1.29, 1.82) is 0 Å². The zero-order valence-corrected chi connectivity index (χ0v) is 10.7. The van der Waals surface area contributed by atoms with Gasteiger partial charge in [-0.2, -0.15) is 5.10 Å². The third-order valence-corrected chi connectivity index (χ3v) is 2.99. The summed E-state index contributed by atoms with van der Waals surface area (Å²) in [6.07, 6.45) is 1.89. The van der Waals surface area contributed by atoms with Crippen molar-refractivity contribution in [2.45, 2.75) is 6.92 Å². The van der Waals surface area contributed by atoms with Gasteiger partial charge in [-0.15, -0.1) is 0 Å². The van der Waals surface area contributed by atoms with Crippen molar-refractivity contribution in [2.75, 3.05) is 12.8 Å². The van der Waals surface area contributed by atoms with E-state index >= 15 is 0 Å². The molecule has 0 unspecified atom stereocenters. The van der Waals surface area contributed by atoms with Crippen molar-refractivity contribution in [3.8, 4) is 11.4 Å². The molecule has 0 aliphatic carbocycles. The minimum absolute atomic E-state index is 0.543. The lowest BCUT2D eigenvalue weighted by atomic mass is 10.3. The molecule has 0 aliphatic heterocycles. The molecule has 1 heterocycles. The summed E-state index contributed by atoms with van der Waals surface area (Å²) in [5.74, 6) is 1.31. The van der Waals surface area contributed by atoms with Crippen molar-refractivity contribution in [3.63, 3.8) is 0 Å². The summed E-state index contributed by atoms with van der Waals surface area (Å²) in [6.45, 7) is 1.93. The molecular weight excluding hydrogens is 270 g/mol. The molecule has 0 amide bonds. The van der Waals surface area contributed by atoms with Crippen molar-refractivity contribution < 1.29 is 4.74 Å². The van der Waals surface area contributed by atoms with E-state index in [2.05, 4.69) is 21.0 Å². The molecular formula is C11H12BrN3O. The predicted octanol–water partition coefficient (Wildman–Crippen LogP) is 2.53. The lowest BCUT2D eigenvalue weighted by Crippen LogP contribution is -1.97. The van der Waals surface area contributed by atoms with Crippen LogP contribution < -0.4 is 10.5 Å². The molecule has 0 radical (unpaired) electrons. The Morgan fingerprint density at radius 3 is 2.75 bits per heavy atom. The second-order valence-corrected chi connectivity index (χ2v) is 4.32. The highest BCUT2D eigenvalue weighted by atomic mass is 79.9. The molecule has 0 saturated carbocycles. The van der Waals surface area contributed by atoms with Gasteiger partial charge in [0.15, 0.2) is 0 Å². The fraction of sp³-hybridized carbons (Fsp3) is 0.182. The number of hydrogen-bond acceptors (Lipinski definition) is 3. The normalized spacial score (nSPS) is 10.4. The molecule has 84 valence electrons. The minimum atomic E-state index is 0.543. The molecule has 0 fully saturated rings. The number of ether oxygens (including phenoxy) is 1. The Bertz CT molecular complexity index is 502. The summed E-state index contributed by atoms with van der Waals surface area (Å²) in [5, 5.41) is 4.21. The predicted molar refractivity (Wildman–Crippen MR) is 67.0 cm³/mol. The van der Waals surface area contributed by atoms with Crippen LogP contribution in [-0.2, 0) is 0 Å². The Labute approximate surface area is 102 Å². The second-order valence-electron chi connectivity index (χ2n) is 3.46. The first-order valence-corrected chi connectivity index (χ1v) is 5.57. The van der Waals surface area contributed by atoms with E-state index in [1.165, 1.54) is 0 Å². The molecule has 4 nitrogen and oxygen atoms in total.